The van der Waals surface area contributed by atoms with E-state index in [1.807, 2.05) is 24.3 Å². The number of halogens is 1. The van der Waals surface area contributed by atoms with E-state index in [1.54, 1.807) is 0 Å². The monoisotopic (exact) mass is 254 g/mol. The first-order chi connectivity index (χ1) is 8.19. The van der Waals surface area contributed by atoms with Crippen molar-refractivity contribution in [1.82, 2.24) is 0 Å². The van der Waals surface area contributed by atoms with Gasteiger partial charge < -0.3 is 4.74 Å². The van der Waals surface area contributed by atoms with Crippen molar-refractivity contribution in [2.45, 2.75) is 38.5 Å². The largest absolute Gasteiger partial charge is 0.469 e. The molecule has 0 aliphatic rings. The van der Waals surface area contributed by atoms with Gasteiger partial charge in [0.15, 0.2) is 0 Å². The van der Waals surface area contributed by atoms with Crippen molar-refractivity contribution in [2.24, 2.45) is 0 Å². The molecule has 1 unspecified atom stereocenters. The number of ether oxygens (including phenoxy) is 1. The molecule has 2 nitrogen and oxygen atoms in total. The lowest BCUT2D eigenvalue weighted by Crippen LogP contribution is -2.14. The van der Waals surface area contributed by atoms with Crippen LogP contribution >= 0.6 is 11.6 Å². The molecule has 17 heavy (non-hydrogen) atoms. The zero-order valence-corrected chi connectivity index (χ0v) is 11.2. The fourth-order valence-electron chi connectivity index (χ4n) is 1.86. The van der Waals surface area contributed by atoms with Gasteiger partial charge in [0.05, 0.1) is 13.0 Å². The van der Waals surface area contributed by atoms with E-state index in [2.05, 4.69) is 6.92 Å². The third kappa shape index (κ3) is 4.39. The van der Waals surface area contributed by atoms with Gasteiger partial charge in [-0.1, -0.05) is 49.9 Å². The van der Waals surface area contributed by atoms with E-state index >= 15 is 0 Å². The lowest BCUT2D eigenvalue weighted by Gasteiger charge is -2.14. The average molecular weight is 255 g/mol. The molecule has 0 aliphatic heterocycles. The summed E-state index contributed by atoms with van der Waals surface area (Å²) >= 11 is 5.84. The third-order valence-corrected chi connectivity index (χ3v) is 3.11. The molecule has 1 atom stereocenters. The highest BCUT2D eigenvalue weighted by Crippen LogP contribution is 2.25. The van der Waals surface area contributed by atoms with Crippen molar-refractivity contribution in [3.05, 3.63) is 34.9 Å². The molecule has 0 spiro atoms. The maximum atomic E-state index is 11.7. The Morgan fingerprint density at radius 1 is 1.29 bits per heavy atom. The summed E-state index contributed by atoms with van der Waals surface area (Å²) in [6, 6.07) is 7.42. The van der Waals surface area contributed by atoms with Gasteiger partial charge in [-0.25, -0.2) is 0 Å². The van der Waals surface area contributed by atoms with Crippen LogP contribution < -0.4 is 0 Å². The number of benzene rings is 1. The van der Waals surface area contributed by atoms with Crippen LogP contribution in [0.3, 0.4) is 0 Å². The lowest BCUT2D eigenvalue weighted by molar-refractivity contribution is -0.142. The topological polar surface area (TPSA) is 26.3 Å². The van der Waals surface area contributed by atoms with E-state index < -0.39 is 0 Å². The Morgan fingerprint density at radius 3 is 2.47 bits per heavy atom. The van der Waals surface area contributed by atoms with Gasteiger partial charge in [0, 0.05) is 5.02 Å². The van der Waals surface area contributed by atoms with Gasteiger partial charge in [0.2, 0.25) is 0 Å². The molecular formula is C14H19ClO2. The molecule has 0 radical (unpaired) electrons. The summed E-state index contributed by atoms with van der Waals surface area (Å²) in [5, 5.41) is 0.686. The Kier molecular flexibility index (Phi) is 6.06. The first-order valence-corrected chi connectivity index (χ1v) is 6.40. The van der Waals surface area contributed by atoms with Crippen molar-refractivity contribution in [1.29, 1.82) is 0 Å². The summed E-state index contributed by atoms with van der Waals surface area (Å²) in [5.74, 6) is -0.327. The molecule has 94 valence electrons. The fourth-order valence-corrected chi connectivity index (χ4v) is 1.98. The normalized spacial score (nSPS) is 12.2. The molecule has 0 fully saturated rings. The van der Waals surface area contributed by atoms with E-state index in [4.69, 9.17) is 16.3 Å². The Hall–Kier alpha value is -1.02. The first-order valence-electron chi connectivity index (χ1n) is 6.02. The second kappa shape index (κ2) is 7.33. The van der Waals surface area contributed by atoms with Gasteiger partial charge in [-0.15, -0.1) is 0 Å². The van der Waals surface area contributed by atoms with Gasteiger partial charge in [-0.3, -0.25) is 4.79 Å². The molecule has 0 N–H and O–H groups in total. The van der Waals surface area contributed by atoms with Crippen LogP contribution in [0.2, 0.25) is 5.02 Å². The Bertz CT molecular complexity index is 346. The molecule has 0 saturated heterocycles. The zero-order chi connectivity index (χ0) is 12.7. The SMILES string of the molecule is CCCCCC(C(=O)OC)c1ccc(Cl)cc1. The van der Waals surface area contributed by atoms with Crippen molar-refractivity contribution < 1.29 is 9.53 Å². The zero-order valence-electron chi connectivity index (χ0n) is 10.4. The van der Waals surface area contributed by atoms with Crippen LogP contribution in [0.4, 0.5) is 0 Å². The van der Waals surface area contributed by atoms with Crippen LogP contribution in [0.5, 0.6) is 0 Å². The molecule has 0 aromatic heterocycles. The van der Waals surface area contributed by atoms with Crippen LogP contribution in [0.1, 0.15) is 44.1 Å². The molecule has 0 saturated carbocycles. The summed E-state index contributed by atoms with van der Waals surface area (Å²) in [5.41, 5.74) is 0.984. The van der Waals surface area contributed by atoms with Crippen molar-refractivity contribution in [3.8, 4) is 0 Å². The molecule has 0 amide bonds. The predicted molar refractivity (Wildman–Crippen MR) is 70.4 cm³/mol. The standard InChI is InChI=1S/C14H19ClO2/c1-3-4-5-6-13(14(16)17-2)11-7-9-12(15)10-8-11/h7-10,13H,3-6H2,1-2H3. The highest BCUT2D eigenvalue weighted by atomic mass is 35.5. The quantitative estimate of drug-likeness (QED) is 0.562. The van der Waals surface area contributed by atoms with Gasteiger partial charge >= 0.3 is 5.97 Å². The Morgan fingerprint density at radius 2 is 1.94 bits per heavy atom. The molecule has 0 heterocycles. The molecule has 1 rings (SSSR count). The molecule has 3 heteroatoms. The predicted octanol–water partition coefficient (Wildman–Crippen LogP) is 4.18. The maximum Gasteiger partial charge on any atom is 0.313 e. The number of esters is 1. The molecule has 1 aromatic rings. The number of rotatable bonds is 6. The fraction of sp³-hybridized carbons (Fsp3) is 0.500. The number of hydrogen-bond acceptors (Lipinski definition) is 2. The lowest BCUT2D eigenvalue weighted by atomic mass is 9.93. The summed E-state index contributed by atoms with van der Waals surface area (Å²) in [7, 11) is 1.44. The number of carbonyl (C=O) groups is 1. The van der Waals surface area contributed by atoms with Crippen LogP contribution in [0, 0.1) is 0 Å². The highest BCUT2D eigenvalue weighted by Gasteiger charge is 2.20. The van der Waals surface area contributed by atoms with E-state index in [0.29, 0.717) is 5.02 Å². The minimum absolute atomic E-state index is 0.163. The van der Waals surface area contributed by atoms with Gasteiger partial charge in [-0.05, 0) is 24.1 Å². The minimum atomic E-state index is -0.163. The first kappa shape index (κ1) is 14.0. The average Bonchev–Trinajstić information content (AvgIpc) is 2.35. The van der Waals surface area contributed by atoms with Crippen LogP contribution in [0.15, 0.2) is 24.3 Å². The van der Waals surface area contributed by atoms with Crippen LogP contribution in [-0.4, -0.2) is 13.1 Å². The Balaban J connectivity index is 2.74. The maximum absolute atomic E-state index is 11.7. The molecule has 0 aliphatic carbocycles. The number of carbonyl (C=O) groups excluding carboxylic acids is 1. The second-order valence-corrected chi connectivity index (χ2v) is 4.56. The van der Waals surface area contributed by atoms with E-state index in [0.717, 1.165) is 31.2 Å². The van der Waals surface area contributed by atoms with E-state index in [-0.39, 0.29) is 11.9 Å². The summed E-state index contributed by atoms with van der Waals surface area (Å²) in [6.45, 7) is 2.15. The van der Waals surface area contributed by atoms with Gasteiger partial charge in [-0.2, -0.15) is 0 Å². The van der Waals surface area contributed by atoms with E-state index in [9.17, 15) is 4.79 Å². The highest BCUT2D eigenvalue weighted by molar-refractivity contribution is 6.30. The third-order valence-electron chi connectivity index (χ3n) is 2.85. The molecular weight excluding hydrogens is 236 g/mol. The summed E-state index contributed by atoms with van der Waals surface area (Å²) in [4.78, 5) is 11.7. The van der Waals surface area contributed by atoms with Crippen LogP contribution in [-0.2, 0) is 9.53 Å². The van der Waals surface area contributed by atoms with Crippen LogP contribution in [0.25, 0.3) is 0 Å². The minimum Gasteiger partial charge on any atom is -0.469 e. The van der Waals surface area contributed by atoms with Crippen molar-refractivity contribution >= 4 is 17.6 Å². The number of methoxy groups -OCH3 is 1. The molecule has 1 aromatic carbocycles. The van der Waals surface area contributed by atoms with E-state index in [1.165, 1.54) is 7.11 Å². The smallest absolute Gasteiger partial charge is 0.313 e. The number of unbranched alkanes of at least 4 members (excludes halogenated alkanes) is 2. The number of hydrogen-bond donors (Lipinski definition) is 0. The summed E-state index contributed by atoms with van der Waals surface area (Å²) in [6.07, 6.45) is 4.16. The summed E-state index contributed by atoms with van der Waals surface area (Å²) < 4.78 is 4.86. The van der Waals surface area contributed by atoms with Crippen molar-refractivity contribution in [3.63, 3.8) is 0 Å². The second-order valence-electron chi connectivity index (χ2n) is 4.12. The molecule has 0 bridgehead atoms. The Labute approximate surface area is 108 Å². The van der Waals surface area contributed by atoms with Crippen molar-refractivity contribution in [2.75, 3.05) is 7.11 Å². The van der Waals surface area contributed by atoms with Gasteiger partial charge in [0.25, 0.3) is 0 Å². The van der Waals surface area contributed by atoms with Gasteiger partial charge in [0.1, 0.15) is 0 Å².